The highest BCUT2D eigenvalue weighted by molar-refractivity contribution is 5.23. The van der Waals surface area contributed by atoms with Gasteiger partial charge >= 0.3 is 0 Å². The van der Waals surface area contributed by atoms with Gasteiger partial charge in [0.25, 0.3) is 0 Å². The SMILES string of the molecule is C=C(CCc1ccc(C)cc1)NC1(CC)CC1NC. The third-order valence-corrected chi connectivity index (χ3v) is 4.32. The minimum absolute atomic E-state index is 0.263. The van der Waals surface area contributed by atoms with Gasteiger partial charge in [0, 0.05) is 11.7 Å². The topological polar surface area (TPSA) is 24.1 Å². The monoisotopic (exact) mass is 258 g/mol. The first-order valence-electron chi connectivity index (χ1n) is 7.28. The Balaban J connectivity index is 1.80. The van der Waals surface area contributed by atoms with Crippen LogP contribution in [0.15, 0.2) is 36.5 Å². The van der Waals surface area contributed by atoms with Crippen LogP contribution in [0.2, 0.25) is 0 Å². The van der Waals surface area contributed by atoms with Crippen molar-refractivity contribution in [3.63, 3.8) is 0 Å². The van der Waals surface area contributed by atoms with Crippen LogP contribution in [0.25, 0.3) is 0 Å². The third kappa shape index (κ3) is 3.38. The molecule has 2 atom stereocenters. The summed E-state index contributed by atoms with van der Waals surface area (Å²) in [4.78, 5) is 0. The second-order valence-electron chi connectivity index (χ2n) is 5.77. The quantitative estimate of drug-likeness (QED) is 0.785. The van der Waals surface area contributed by atoms with E-state index in [-0.39, 0.29) is 5.54 Å². The standard InChI is InChI=1S/C17H26N2/c1-5-17(12-16(17)18-4)19-14(3)8-11-15-9-6-13(2)7-10-15/h6-7,9-10,16,18-19H,3,5,8,11-12H2,1-2,4H3. The molecule has 2 heteroatoms. The fourth-order valence-corrected chi connectivity index (χ4v) is 2.77. The molecule has 1 aliphatic rings. The van der Waals surface area contributed by atoms with Crippen LogP contribution in [0.1, 0.15) is 37.3 Å². The van der Waals surface area contributed by atoms with E-state index >= 15 is 0 Å². The molecule has 0 saturated heterocycles. The third-order valence-electron chi connectivity index (χ3n) is 4.32. The van der Waals surface area contributed by atoms with E-state index in [1.807, 2.05) is 7.05 Å². The molecule has 2 rings (SSSR count). The van der Waals surface area contributed by atoms with Gasteiger partial charge in [-0.2, -0.15) is 0 Å². The number of nitrogens with one attached hydrogen (secondary N) is 2. The van der Waals surface area contributed by atoms with Crippen LogP contribution in [0.5, 0.6) is 0 Å². The molecule has 2 nitrogen and oxygen atoms in total. The maximum atomic E-state index is 4.19. The van der Waals surface area contributed by atoms with Gasteiger partial charge in [0.15, 0.2) is 0 Å². The van der Waals surface area contributed by atoms with E-state index in [1.54, 1.807) is 0 Å². The molecule has 1 aromatic carbocycles. The van der Waals surface area contributed by atoms with E-state index in [4.69, 9.17) is 0 Å². The van der Waals surface area contributed by atoms with Crippen molar-refractivity contribution in [1.29, 1.82) is 0 Å². The number of hydrogen-bond donors (Lipinski definition) is 2. The Morgan fingerprint density at radius 1 is 1.37 bits per heavy atom. The molecule has 1 fully saturated rings. The van der Waals surface area contributed by atoms with Gasteiger partial charge in [0.2, 0.25) is 0 Å². The van der Waals surface area contributed by atoms with Crippen molar-refractivity contribution in [2.75, 3.05) is 7.05 Å². The Labute approximate surface area is 117 Å². The highest BCUT2D eigenvalue weighted by atomic mass is 15.1. The first-order valence-corrected chi connectivity index (χ1v) is 7.28. The summed E-state index contributed by atoms with van der Waals surface area (Å²) in [7, 11) is 2.04. The van der Waals surface area contributed by atoms with Gasteiger partial charge in [-0.05, 0) is 45.2 Å². The first-order chi connectivity index (χ1) is 9.09. The Morgan fingerprint density at radius 2 is 2.05 bits per heavy atom. The van der Waals surface area contributed by atoms with E-state index in [9.17, 15) is 0 Å². The van der Waals surface area contributed by atoms with Crippen LogP contribution < -0.4 is 10.6 Å². The summed E-state index contributed by atoms with van der Waals surface area (Å²) in [5.74, 6) is 0. The summed E-state index contributed by atoms with van der Waals surface area (Å²) in [6, 6.07) is 9.39. The lowest BCUT2D eigenvalue weighted by atomic mass is 10.1. The summed E-state index contributed by atoms with van der Waals surface area (Å²) >= 11 is 0. The van der Waals surface area contributed by atoms with Crippen molar-refractivity contribution in [3.05, 3.63) is 47.7 Å². The Morgan fingerprint density at radius 3 is 2.58 bits per heavy atom. The number of allylic oxidation sites excluding steroid dienone is 1. The molecule has 1 aromatic rings. The van der Waals surface area contributed by atoms with Gasteiger partial charge in [0.05, 0.1) is 5.54 Å². The molecule has 2 N–H and O–H groups in total. The number of hydrogen-bond acceptors (Lipinski definition) is 2. The lowest BCUT2D eigenvalue weighted by Gasteiger charge is -2.20. The maximum absolute atomic E-state index is 4.19. The second-order valence-corrected chi connectivity index (χ2v) is 5.77. The highest BCUT2D eigenvalue weighted by Gasteiger charge is 2.51. The van der Waals surface area contributed by atoms with Crippen molar-refractivity contribution in [1.82, 2.24) is 10.6 Å². The van der Waals surface area contributed by atoms with Gasteiger partial charge in [-0.15, -0.1) is 0 Å². The summed E-state index contributed by atoms with van der Waals surface area (Å²) in [6.07, 6.45) is 4.45. The molecule has 0 aliphatic heterocycles. The molecular weight excluding hydrogens is 232 g/mol. The smallest absolute Gasteiger partial charge is 0.0537 e. The number of likely N-dealkylation sites (N-methyl/N-ethyl adjacent to an activating group) is 1. The van der Waals surface area contributed by atoms with Crippen LogP contribution >= 0.6 is 0 Å². The second kappa shape index (κ2) is 5.79. The van der Waals surface area contributed by atoms with E-state index in [0.29, 0.717) is 6.04 Å². The van der Waals surface area contributed by atoms with Gasteiger partial charge in [-0.25, -0.2) is 0 Å². The predicted octanol–water partition coefficient (Wildman–Crippen LogP) is 3.17. The summed E-state index contributed by atoms with van der Waals surface area (Å²) in [5.41, 5.74) is 4.14. The lowest BCUT2D eigenvalue weighted by molar-refractivity contribution is 0.488. The average molecular weight is 258 g/mol. The molecule has 0 bridgehead atoms. The molecule has 104 valence electrons. The Kier molecular flexibility index (Phi) is 4.31. The van der Waals surface area contributed by atoms with Crippen molar-refractivity contribution in [3.8, 4) is 0 Å². The van der Waals surface area contributed by atoms with Gasteiger partial charge in [-0.1, -0.05) is 43.3 Å². The summed E-state index contributed by atoms with van der Waals surface area (Å²) in [5, 5.41) is 7.01. The molecule has 2 unspecified atom stereocenters. The molecular formula is C17H26N2. The molecule has 0 heterocycles. The van der Waals surface area contributed by atoms with Crippen molar-refractivity contribution in [2.24, 2.45) is 0 Å². The first kappa shape index (κ1) is 14.1. The Hall–Kier alpha value is -1.28. The van der Waals surface area contributed by atoms with Crippen molar-refractivity contribution >= 4 is 0 Å². The fourth-order valence-electron chi connectivity index (χ4n) is 2.77. The van der Waals surface area contributed by atoms with Crippen LogP contribution in [0, 0.1) is 6.92 Å². The molecule has 1 saturated carbocycles. The van der Waals surface area contributed by atoms with Gasteiger partial charge in [0.1, 0.15) is 0 Å². The summed E-state index contributed by atoms with van der Waals surface area (Å²) < 4.78 is 0. The number of benzene rings is 1. The van der Waals surface area contributed by atoms with E-state index in [0.717, 1.165) is 19.3 Å². The predicted molar refractivity (Wildman–Crippen MR) is 82.3 cm³/mol. The van der Waals surface area contributed by atoms with Crippen LogP contribution in [-0.4, -0.2) is 18.6 Å². The molecule has 1 aliphatic carbocycles. The number of rotatable bonds is 7. The van der Waals surface area contributed by atoms with E-state index in [1.165, 1.54) is 23.2 Å². The fraction of sp³-hybridized carbons (Fsp3) is 0.529. The molecule has 19 heavy (non-hydrogen) atoms. The minimum Gasteiger partial charge on any atom is -0.382 e. The highest BCUT2D eigenvalue weighted by Crippen LogP contribution is 2.39. The molecule has 0 radical (unpaired) electrons. The van der Waals surface area contributed by atoms with Crippen LogP contribution in [-0.2, 0) is 6.42 Å². The molecule has 0 amide bonds. The zero-order chi connectivity index (χ0) is 13.9. The summed E-state index contributed by atoms with van der Waals surface area (Å²) in [6.45, 7) is 8.56. The average Bonchev–Trinajstić information content (AvgIpc) is 3.12. The number of aryl methyl sites for hydroxylation is 2. The normalized spacial score (nSPS) is 25.1. The zero-order valence-electron chi connectivity index (χ0n) is 12.4. The maximum Gasteiger partial charge on any atom is 0.0537 e. The van der Waals surface area contributed by atoms with Crippen LogP contribution in [0.3, 0.4) is 0 Å². The van der Waals surface area contributed by atoms with Gasteiger partial charge in [-0.3, -0.25) is 0 Å². The zero-order valence-corrected chi connectivity index (χ0v) is 12.4. The molecule has 0 spiro atoms. The molecule has 0 aromatic heterocycles. The minimum atomic E-state index is 0.263. The Bertz CT molecular complexity index is 435. The van der Waals surface area contributed by atoms with Crippen molar-refractivity contribution < 1.29 is 0 Å². The van der Waals surface area contributed by atoms with Crippen molar-refractivity contribution in [2.45, 2.75) is 51.1 Å². The largest absolute Gasteiger partial charge is 0.382 e. The van der Waals surface area contributed by atoms with E-state index < -0.39 is 0 Å². The van der Waals surface area contributed by atoms with Gasteiger partial charge < -0.3 is 10.6 Å². The van der Waals surface area contributed by atoms with Crippen LogP contribution in [0.4, 0.5) is 0 Å². The van der Waals surface area contributed by atoms with E-state index in [2.05, 4.69) is 55.3 Å². The lowest BCUT2D eigenvalue weighted by Crippen LogP contribution is -2.37.